The lowest BCUT2D eigenvalue weighted by atomic mass is 10.1. The first-order chi connectivity index (χ1) is 9.00. The van der Waals surface area contributed by atoms with E-state index in [9.17, 15) is 9.90 Å². The molecule has 1 aromatic carbocycles. The summed E-state index contributed by atoms with van der Waals surface area (Å²) in [5.41, 5.74) is -0.168. The van der Waals surface area contributed by atoms with Gasteiger partial charge in [0.25, 0.3) is 0 Å². The van der Waals surface area contributed by atoms with Crippen LogP contribution in [0.5, 0.6) is 5.75 Å². The maximum atomic E-state index is 10.5. The Morgan fingerprint density at radius 1 is 1.32 bits per heavy atom. The van der Waals surface area contributed by atoms with Gasteiger partial charge in [0.05, 0.1) is 18.3 Å². The summed E-state index contributed by atoms with van der Waals surface area (Å²) < 4.78 is 5.47. The first-order valence-electron chi connectivity index (χ1n) is 5.99. The van der Waals surface area contributed by atoms with Crippen molar-refractivity contribution in [2.24, 2.45) is 0 Å². The Balaban J connectivity index is 2.16. The van der Waals surface area contributed by atoms with Crippen LogP contribution in [0, 0.1) is 0 Å². The van der Waals surface area contributed by atoms with Gasteiger partial charge in [-0.25, -0.2) is 4.79 Å². The Bertz CT molecular complexity index is 428. The summed E-state index contributed by atoms with van der Waals surface area (Å²) in [6.45, 7) is 3.82. The molecule has 0 aliphatic carbocycles. The monoisotopic (exact) mass is 284 g/mol. The van der Waals surface area contributed by atoms with Crippen LogP contribution in [0.2, 0.25) is 5.02 Å². The Labute approximate surface area is 117 Å². The Morgan fingerprint density at radius 2 is 1.95 bits per heavy atom. The quantitative estimate of drug-likeness (QED) is 0.569. The van der Waals surface area contributed by atoms with Crippen molar-refractivity contribution in [3.63, 3.8) is 0 Å². The number of hydrogen-bond donors (Lipinski definition) is 2. The lowest BCUT2D eigenvalue weighted by Crippen LogP contribution is -2.16. The molecule has 0 spiro atoms. The topological polar surface area (TPSA) is 66.8 Å². The molecule has 4 nitrogen and oxygen atoms in total. The minimum absolute atomic E-state index is 0.168. The third-order valence-electron chi connectivity index (χ3n) is 2.63. The van der Waals surface area contributed by atoms with E-state index in [0.717, 1.165) is 12.2 Å². The van der Waals surface area contributed by atoms with Gasteiger partial charge in [-0.3, -0.25) is 0 Å². The molecule has 0 aliphatic rings. The zero-order valence-electron chi connectivity index (χ0n) is 10.5. The molecule has 0 fully saturated rings. The highest BCUT2D eigenvalue weighted by Crippen LogP contribution is 2.16. The largest absolute Gasteiger partial charge is 0.494 e. The minimum atomic E-state index is -1.16. The van der Waals surface area contributed by atoms with Crippen molar-refractivity contribution >= 4 is 17.6 Å². The Kier molecular flexibility index (Phi) is 6.39. The van der Waals surface area contributed by atoms with Crippen LogP contribution in [0.25, 0.3) is 0 Å². The number of aliphatic carboxylic acids is 1. The van der Waals surface area contributed by atoms with Gasteiger partial charge in [0.1, 0.15) is 5.75 Å². The van der Waals surface area contributed by atoms with Gasteiger partial charge >= 0.3 is 5.97 Å². The maximum absolute atomic E-state index is 10.5. The van der Waals surface area contributed by atoms with Crippen molar-refractivity contribution in [3.05, 3.63) is 41.4 Å². The summed E-state index contributed by atoms with van der Waals surface area (Å²) in [6.07, 6.45) is 0.774. The standard InChI is InChI=1S/C14H17ClO4/c1-10(14(17)18)13(16)4-2-3-9-19-12-7-5-11(15)6-8-12/h5-8,13,16H,1-4,9H2,(H,17,18)/t13-/m0/s1. The molecule has 0 amide bonds. The number of carboxylic acids is 1. The van der Waals surface area contributed by atoms with Crippen molar-refractivity contribution in [2.75, 3.05) is 6.61 Å². The molecule has 0 saturated heterocycles. The smallest absolute Gasteiger partial charge is 0.333 e. The fourth-order valence-corrected chi connectivity index (χ4v) is 1.60. The van der Waals surface area contributed by atoms with Gasteiger partial charge in [-0.15, -0.1) is 0 Å². The maximum Gasteiger partial charge on any atom is 0.333 e. The van der Waals surface area contributed by atoms with Crippen LogP contribution in [0.3, 0.4) is 0 Å². The van der Waals surface area contributed by atoms with Crippen LogP contribution in [0.15, 0.2) is 36.4 Å². The zero-order valence-corrected chi connectivity index (χ0v) is 11.3. The highest BCUT2D eigenvalue weighted by atomic mass is 35.5. The van der Waals surface area contributed by atoms with E-state index >= 15 is 0 Å². The molecule has 0 radical (unpaired) electrons. The lowest BCUT2D eigenvalue weighted by molar-refractivity contribution is -0.133. The second-order valence-electron chi connectivity index (χ2n) is 4.14. The molecule has 2 N–H and O–H groups in total. The minimum Gasteiger partial charge on any atom is -0.494 e. The lowest BCUT2D eigenvalue weighted by Gasteiger charge is -2.10. The first kappa shape index (κ1) is 15.5. The third kappa shape index (κ3) is 5.77. The number of carbonyl (C=O) groups is 1. The molecule has 0 aromatic heterocycles. The molecule has 0 heterocycles. The Hall–Kier alpha value is -1.52. The van der Waals surface area contributed by atoms with E-state index in [0.29, 0.717) is 24.5 Å². The fraction of sp³-hybridized carbons (Fsp3) is 0.357. The second-order valence-corrected chi connectivity index (χ2v) is 4.58. The third-order valence-corrected chi connectivity index (χ3v) is 2.88. The summed E-state index contributed by atoms with van der Waals surface area (Å²) in [6, 6.07) is 7.06. The average molecular weight is 285 g/mol. The van der Waals surface area contributed by atoms with Crippen molar-refractivity contribution in [3.8, 4) is 5.75 Å². The van der Waals surface area contributed by atoms with E-state index < -0.39 is 12.1 Å². The van der Waals surface area contributed by atoms with Gasteiger partial charge in [0.2, 0.25) is 0 Å². The second kappa shape index (κ2) is 7.81. The van der Waals surface area contributed by atoms with Gasteiger partial charge in [-0.1, -0.05) is 18.2 Å². The van der Waals surface area contributed by atoms with Crippen LogP contribution < -0.4 is 4.74 Å². The molecular weight excluding hydrogens is 268 g/mol. The molecular formula is C14H17ClO4. The summed E-state index contributed by atoms with van der Waals surface area (Å²) in [4.78, 5) is 10.5. The van der Waals surface area contributed by atoms with Crippen LogP contribution in [0.1, 0.15) is 19.3 Å². The van der Waals surface area contributed by atoms with E-state index in [1.54, 1.807) is 24.3 Å². The molecule has 0 aliphatic heterocycles. The number of aliphatic hydroxyl groups excluding tert-OH is 1. The van der Waals surface area contributed by atoms with Crippen molar-refractivity contribution in [1.82, 2.24) is 0 Å². The molecule has 5 heteroatoms. The highest BCUT2D eigenvalue weighted by molar-refractivity contribution is 6.30. The van der Waals surface area contributed by atoms with Gasteiger partial charge in [-0.05, 0) is 43.5 Å². The van der Waals surface area contributed by atoms with Crippen LogP contribution in [-0.4, -0.2) is 28.9 Å². The first-order valence-corrected chi connectivity index (χ1v) is 6.37. The average Bonchev–Trinajstić information content (AvgIpc) is 2.39. The molecule has 1 aromatic rings. The van der Waals surface area contributed by atoms with Crippen LogP contribution >= 0.6 is 11.6 Å². The number of rotatable bonds is 8. The van der Waals surface area contributed by atoms with Gasteiger partial charge in [0, 0.05) is 5.02 Å². The van der Waals surface area contributed by atoms with Gasteiger partial charge in [-0.2, -0.15) is 0 Å². The molecule has 1 atom stereocenters. The molecule has 0 unspecified atom stereocenters. The number of carboxylic acid groups (broad SMARTS) is 1. The fourth-order valence-electron chi connectivity index (χ4n) is 1.48. The van der Waals surface area contributed by atoms with Crippen LogP contribution in [0.4, 0.5) is 0 Å². The van der Waals surface area contributed by atoms with E-state index in [4.69, 9.17) is 21.4 Å². The molecule has 0 bridgehead atoms. The zero-order chi connectivity index (χ0) is 14.3. The molecule has 104 valence electrons. The normalized spacial score (nSPS) is 11.9. The number of benzene rings is 1. The molecule has 1 rings (SSSR count). The van der Waals surface area contributed by atoms with Gasteiger partial charge < -0.3 is 14.9 Å². The number of halogens is 1. The van der Waals surface area contributed by atoms with Crippen molar-refractivity contribution in [2.45, 2.75) is 25.4 Å². The number of unbranched alkanes of at least 4 members (excludes halogenated alkanes) is 1. The summed E-state index contributed by atoms with van der Waals surface area (Å²) >= 11 is 5.75. The van der Waals surface area contributed by atoms with Crippen molar-refractivity contribution in [1.29, 1.82) is 0 Å². The molecule has 0 saturated carbocycles. The summed E-state index contributed by atoms with van der Waals surface area (Å²) in [5.74, 6) is -0.426. The number of aliphatic hydroxyl groups is 1. The Morgan fingerprint density at radius 3 is 2.53 bits per heavy atom. The SMILES string of the molecule is C=C(C(=O)O)[C@@H](O)CCCCOc1ccc(Cl)cc1. The van der Waals surface area contributed by atoms with E-state index in [1.165, 1.54) is 0 Å². The van der Waals surface area contributed by atoms with E-state index in [1.807, 2.05) is 0 Å². The number of hydrogen-bond acceptors (Lipinski definition) is 3. The molecule has 19 heavy (non-hydrogen) atoms. The highest BCUT2D eigenvalue weighted by Gasteiger charge is 2.14. The summed E-state index contributed by atoms with van der Waals surface area (Å²) in [7, 11) is 0. The predicted molar refractivity (Wildman–Crippen MR) is 73.6 cm³/mol. The van der Waals surface area contributed by atoms with E-state index in [2.05, 4.69) is 6.58 Å². The summed E-state index contributed by atoms with van der Waals surface area (Å²) in [5, 5.41) is 18.8. The van der Waals surface area contributed by atoms with Gasteiger partial charge in [0.15, 0.2) is 0 Å². The predicted octanol–water partition coefficient (Wildman–Crippen LogP) is 2.89. The number of ether oxygens (including phenoxy) is 1. The van der Waals surface area contributed by atoms with Crippen molar-refractivity contribution < 1.29 is 19.7 Å². The van der Waals surface area contributed by atoms with E-state index in [-0.39, 0.29) is 5.57 Å². The van der Waals surface area contributed by atoms with Crippen LogP contribution in [-0.2, 0) is 4.79 Å².